The lowest BCUT2D eigenvalue weighted by Gasteiger charge is -2.21. The van der Waals surface area contributed by atoms with Crippen molar-refractivity contribution in [2.24, 2.45) is 0 Å². The van der Waals surface area contributed by atoms with Crippen molar-refractivity contribution in [3.05, 3.63) is 33.8 Å². The first-order chi connectivity index (χ1) is 7.68. The maximum atomic E-state index is 11.4. The summed E-state index contributed by atoms with van der Waals surface area (Å²) in [6, 6.07) is 1.35. The molecule has 0 spiro atoms. The van der Waals surface area contributed by atoms with Crippen molar-refractivity contribution in [1.29, 1.82) is 0 Å². The summed E-state index contributed by atoms with van der Waals surface area (Å²) >= 11 is 5.95. The second-order valence-electron chi connectivity index (χ2n) is 3.63. The number of imidazole rings is 1. The molecule has 0 atom stereocenters. The largest absolute Gasteiger partial charge is 0.503 e. The summed E-state index contributed by atoms with van der Waals surface area (Å²) in [5.41, 5.74) is 0.0319. The number of fused-ring (bicyclic) bond motifs is 3. The third kappa shape index (κ3) is 1.12. The van der Waals surface area contributed by atoms with Gasteiger partial charge in [0.15, 0.2) is 11.6 Å². The van der Waals surface area contributed by atoms with E-state index in [-0.39, 0.29) is 5.75 Å². The van der Waals surface area contributed by atoms with Gasteiger partial charge in [-0.1, -0.05) is 11.6 Å². The van der Waals surface area contributed by atoms with E-state index in [1.807, 2.05) is 0 Å². The van der Waals surface area contributed by atoms with Crippen molar-refractivity contribution in [3.8, 4) is 17.3 Å². The van der Waals surface area contributed by atoms with Gasteiger partial charge < -0.3 is 14.2 Å². The van der Waals surface area contributed by atoms with Gasteiger partial charge in [0.1, 0.15) is 10.8 Å². The topological polar surface area (TPSA) is 60.1 Å². The van der Waals surface area contributed by atoms with Gasteiger partial charge in [-0.3, -0.25) is 4.79 Å². The molecule has 0 unspecified atom stereocenters. The predicted octanol–water partition coefficient (Wildman–Crippen LogP) is 1.08. The summed E-state index contributed by atoms with van der Waals surface area (Å²) in [4.78, 5) is 15.5. The van der Waals surface area contributed by atoms with Crippen molar-refractivity contribution < 1.29 is 5.11 Å². The molecule has 0 aromatic carbocycles. The molecule has 1 aliphatic heterocycles. The van der Waals surface area contributed by atoms with E-state index in [0.717, 1.165) is 0 Å². The fourth-order valence-electron chi connectivity index (χ4n) is 1.95. The maximum Gasteiger partial charge on any atom is 0.223 e. The van der Waals surface area contributed by atoms with E-state index >= 15 is 0 Å². The van der Waals surface area contributed by atoms with Gasteiger partial charge in [0, 0.05) is 25.4 Å². The number of nitrogens with zero attached hydrogens (tertiary/aromatic N) is 3. The molecule has 16 heavy (non-hydrogen) atoms. The van der Waals surface area contributed by atoms with Gasteiger partial charge in [0.05, 0.1) is 6.20 Å². The number of aromatic hydroxyl groups is 1. The smallest absolute Gasteiger partial charge is 0.223 e. The standard InChI is InChI=1S/C10H8ClN3O2/c11-7-5-12-10-8-9(16)6(15)1-2-13(8)3-4-14(7)10/h1-2,5,16H,3-4H2. The lowest BCUT2D eigenvalue weighted by atomic mass is 10.2. The average molecular weight is 238 g/mol. The number of rotatable bonds is 0. The molecule has 0 radical (unpaired) electrons. The van der Waals surface area contributed by atoms with Crippen LogP contribution < -0.4 is 5.43 Å². The number of pyridine rings is 1. The van der Waals surface area contributed by atoms with Gasteiger partial charge in [-0.25, -0.2) is 4.98 Å². The molecule has 2 aromatic heterocycles. The van der Waals surface area contributed by atoms with Crippen LogP contribution in [0.25, 0.3) is 11.5 Å². The first-order valence-corrected chi connectivity index (χ1v) is 5.20. The van der Waals surface area contributed by atoms with Gasteiger partial charge in [-0.05, 0) is 0 Å². The summed E-state index contributed by atoms with van der Waals surface area (Å²) in [7, 11) is 0. The van der Waals surface area contributed by atoms with Crippen LogP contribution >= 0.6 is 11.6 Å². The first-order valence-electron chi connectivity index (χ1n) is 4.82. The van der Waals surface area contributed by atoms with E-state index in [4.69, 9.17) is 11.6 Å². The van der Waals surface area contributed by atoms with E-state index in [1.54, 1.807) is 15.3 Å². The fraction of sp³-hybridized carbons (Fsp3) is 0.200. The highest BCUT2D eigenvalue weighted by Crippen LogP contribution is 2.30. The van der Waals surface area contributed by atoms with Gasteiger partial charge in [0.2, 0.25) is 5.43 Å². The zero-order valence-corrected chi connectivity index (χ0v) is 8.98. The molecule has 2 aromatic rings. The summed E-state index contributed by atoms with van der Waals surface area (Å²) in [6.45, 7) is 1.34. The average Bonchev–Trinajstić information content (AvgIpc) is 2.65. The van der Waals surface area contributed by atoms with Crippen molar-refractivity contribution in [1.82, 2.24) is 14.1 Å². The highest BCUT2D eigenvalue weighted by atomic mass is 35.5. The Morgan fingerprint density at radius 3 is 3.06 bits per heavy atom. The van der Waals surface area contributed by atoms with Crippen LogP contribution in [0.4, 0.5) is 0 Å². The van der Waals surface area contributed by atoms with E-state index in [2.05, 4.69) is 4.98 Å². The van der Waals surface area contributed by atoms with Crippen LogP contribution in [0, 0.1) is 0 Å². The minimum absolute atomic E-state index is 0.272. The normalized spacial score (nSPS) is 13.3. The molecule has 0 amide bonds. The molecule has 3 rings (SSSR count). The van der Waals surface area contributed by atoms with Crippen LogP contribution in [0.1, 0.15) is 0 Å². The molecule has 0 fully saturated rings. The van der Waals surface area contributed by atoms with Gasteiger partial charge >= 0.3 is 0 Å². The lowest BCUT2D eigenvalue weighted by Crippen LogP contribution is -2.20. The van der Waals surface area contributed by atoms with Crippen molar-refractivity contribution in [3.63, 3.8) is 0 Å². The number of aryl methyl sites for hydroxylation is 1. The van der Waals surface area contributed by atoms with Crippen LogP contribution in [0.5, 0.6) is 5.75 Å². The SMILES string of the molecule is O=c1ccn2c(c1O)-c1ncc(Cl)n1CC2. The quantitative estimate of drug-likeness (QED) is 0.746. The summed E-state index contributed by atoms with van der Waals surface area (Å²) in [5, 5.41) is 10.3. The Kier molecular flexibility index (Phi) is 1.85. The molecular weight excluding hydrogens is 230 g/mol. The molecule has 82 valence electrons. The van der Waals surface area contributed by atoms with Gasteiger partial charge in [-0.15, -0.1) is 0 Å². The van der Waals surface area contributed by atoms with Crippen molar-refractivity contribution >= 4 is 11.6 Å². The number of halogens is 1. The van der Waals surface area contributed by atoms with Crippen molar-refractivity contribution in [2.45, 2.75) is 13.1 Å². The third-order valence-corrected chi connectivity index (χ3v) is 3.04. The lowest BCUT2D eigenvalue weighted by molar-refractivity contribution is 0.452. The summed E-state index contributed by atoms with van der Waals surface area (Å²) < 4.78 is 3.57. The van der Waals surface area contributed by atoms with Crippen LogP contribution in [-0.2, 0) is 13.1 Å². The molecule has 6 heteroatoms. The minimum atomic E-state index is -0.404. The monoisotopic (exact) mass is 237 g/mol. The second kappa shape index (κ2) is 3.12. The Balaban J connectivity index is 2.39. The molecule has 0 bridgehead atoms. The van der Waals surface area contributed by atoms with Crippen LogP contribution in [0.3, 0.4) is 0 Å². The van der Waals surface area contributed by atoms with Crippen LogP contribution in [-0.4, -0.2) is 19.2 Å². The molecule has 1 aliphatic rings. The first kappa shape index (κ1) is 9.47. The Morgan fingerprint density at radius 2 is 2.25 bits per heavy atom. The van der Waals surface area contributed by atoms with Crippen molar-refractivity contribution in [2.75, 3.05) is 0 Å². The molecule has 0 saturated heterocycles. The van der Waals surface area contributed by atoms with Crippen LogP contribution in [0.2, 0.25) is 5.15 Å². The Morgan fingerprint density at radius 1 is 1.44 bits per heavy atom. The Labute approximate surface area is 95.5 Å². The predicted molar refractivity (Wildman–Crippen MR) is 58.6 cm³/mol. The Hall–Kier alpha value is -1.75. The number of hydrogen-bond acceptors (Lipinski definition) is 3. The van der Waals surface area contributed by atoms with Crippen LogP contribution in [0.15, 0.2) is 23.3 Å². The second-order valence-corrected chi connectivity index (χ2v) is 4.01. The fourth-order valence-corrected chi connectivity index (χ4v) is 2.16. The zero-order chi connectivity index (χ0) is 11.3. The highest BCUT2D eigenvalue weighted by molar-refractivity contribution is 6.29. The van der Waals surface area contributed by atoms with E-state index in [9.17, 15) is 9.90 Å². The number of aromatic nitrogens is 3. The van der Waals surface area contributed by atoms with E-state index in [1.165, 1.54) is 12.3 Å². The zero-order valence-electron chi connectivity index (χ0n) is 8.22. The third-order valence-electron chi connectivity index (χ3n) is 2.73. The molecule has 1 N–H and O–H groups in total. The minimum Gasteiger partial charge on any atom is -0.503 e. The van der Waals surface area contributed by atoms with Gasteiger partial charge in [-0.2, -0.15) is 0 Å². The summed E-state index contributed by atoms with van der Waals surface area (Å²) in [5.74, 6) is 0.261. The molecule has 0 aliphatic carbocycles. The highest BCUT2D eigenvalue weighted by Gasteiger charge is 2.22. The van der Waals surface area contributed by atoms with E-state index in [0.29, 0.717) is 29.8 Å². The van der Waals surface area contributed by atoms with E-state index < -0.39 is 5.43 Å². The number of hydrogen-bond donors (Lipinski definition) is 1. The van der Waals surface area contributed by atoms with Gasteiger partial charge in [0.25, 0.3) is 0 Å². The maximum absolute atomic E-state index is 11.4. The summed E-state index contributed by atoms with van der Waals surface area (Å²) in [6.07, 6.45) is 3.17. The molecule has 3 heterocycles. The molecule has 5 nitrogen and oxygen atoms in total. The molecule has 0 saturated carbocycles. The molecular formula is C10H8ClN3O2. The Bertz CT molecular complexity index is 629.